The van der Waals surface area contributed by atoms with Crippen LogP contribution >= 0.6 is 0 Å². The maximum absolute atomic E-state index is 5.68. The quantitative estimate of drug-likeness (QED) is 0.868. The van der Waals surface area contributed by atoms with Crippen molar-refractivity contribution in [1.82, 2.24) is 4.98 Å². The van der Waals surface area contributed by atoms with E-state index in [0.717, 1.165) is 35.1 Å². The normalized spacial score (nSPS) is 15.7. The lowest BCUT2D eigenvalue weighted by Gasteiger charge is -2.03. The summed E-state index contributed by atoms with van der Waals surface area (Å²) in [4.78, 5) is 4.51. The average Bonchev–Trinajstić information content (AvgIpc) is 3.03. The van der Waals surface area contributed by atoms with Gasteiger partial charge in [-0.3, -0.25) is 0 Å². The van der Waals surface area contributed by atoms with Crippen LogP contribution in [0.5, 0.6) is 0 Å². The minimum absolute atomic E-state index is 0.338. The summed E-state index contributed by atoms with van der Waals surface area (Å²) >= 11 is 0. The van der Waals surface area contributed by atoms with Crippen molar-refractivity contribution in [3.05, 3.63) is 24.1 Å². The molecule has 0 saturated heterocycles. The van der Waals surface area contributed by atoms with Crippen molar-refractivity contribution < 1.29 is 4.42 Å². The van der Waals surface area contributed by atoms with E-state index in [0.29, 0.717) is 5.92 Å². The summed E-state index contributed by atoms with van der Waals surface area (Å²) in [7, 11) is 0. The molecule has 1 saturated carbocycles. The van der Waals surface area contributed by atoms with Gasteiger partial charge in [0.25, 0.3) is 0 Å². The SMILES string of the molecule is CC(C)c1nc2cc(NCC3CC3)ccc2o1. The molecular formula is C14H18N2O. The zero-order chi connectivity index (χ0) is 11.8. The Morgan fingerprint density at radius 2 is 2.24 bits per heavy atom. The van der Waals surface area contributed by atoms with Crippen molar-refractivity contribution in [2.24, 2.45) is 5.92 Å². The Balaban J connectivity index is 1.83. The highest BCUT2D eigenvalue weighted by Crippen LogP contribution is 2.29. The molecule has 1 fully saturated rings. The van der Waals surface area contributed by atoms with E-state index in [4.69, 9.17) is 4.42 Å². The van der Waals surface area contributed by atoms with E-state index in [1.54, 1.807) is 0 Å². The molecule has 1 aromatic heterocycles. The zero-order valence-electron chi connectivity index (χ0n) is 10.4. The Morgan fingerprint density at radius 3 is 2.94 bits per heavy atom. The number of rotatable bonds is 4. The molecule has 0 spiro atoms. The van der Waals surface area contributed by atoms with E-state index in [-0.39, 0.29) is 0 Å². The molecule has 1 heterocycles. The second-order valence-corrected chi connectivity index (χ2v) is 5.21. The van der Waals surface area contributed by atoms with Crippen molar-refractivity contribution in [3.63, 3.8) is 0 Å². The third-order valence-electron chi connectivity index (χ3n) is 3.19. The Bertz CT molecular complexity index is 526. The van der Waals surface area contributed by atoms with Crippen LogP contribution in [-0.2, 0) is 0 Å². The third kappa shape index (κ3) is 2.28. The van der Waals surface area contributed by atoms with Crippen LogP contribution in [0.15, 0.2) is 22.6 Å². The van der Waals surface area contributed by atoms with E-state index in [2.05, 4.69) is 36.3 Å². The fourth-order valence-electron chi connectivity index (χ4n) is 1.89. The maximum atomic E-state index is 5.68. The molecule has 1 aromatic carbocycles. The van der Waals surface area contributed by atoms with Gasteiger partial charge in [-0.1, -0.05) is 13.8 Å². The number of hydrogen-bond donors (Lipinski definition) is 1. The first-order chi connectivity index (χ1) is 8.22. The summed E-state index contributed by atoms with van der Waals surface area (Å²) in [6.07, 6.45) is 2.74. The van der Waals surface area contributed by atoms with Crippen molar-refractivity contribution in [2.75, 3.05) is 11.9 Å². The highest BCUT2D eigenvalue weighted by Gasteiger charge is 2.20. The molecule has 0 bridgehead atoms. The number of benzene rings is 1. The fraction of sp³-hybridized carbons (Fsp3) is 0.500. The summed E-state index contributed by atoms with van der Waals surface area (Å²) in [6.45, 7) is 5.27. The van der Waals surface area contributed by atoms with Crippen LogP contribution in [0.3, 0.4) is 0 Å². The zero-order valence-corrected chi connectivity index (χ0v) is 10.4. The molecule has 0 atom stereocenters. The van der Waals surface area contributed by atoms with Crippen molar-refractivity contribution >= 4 is 16.8 Å². The first kappa shape index (κ1) is 10.6. The van der Waals surface area contributed by atoms with Crippen LogP contribution in [0.2, 0.25) is 0 Å². The van der Waals surface area contributed by atoms with E-state index < -0.39 is 0 Å². The van der Waals surface area contributed by atoms with E-state index >= 15 is 0 Å². The number of oxazole rings is 1. The van der Waals surface area contributed by atoms with E-state index in [1.165, 1.54) is 12.8 Å². The molecule has 3 rings (SSSR count). The monoisotopic (exact) mass is 230 g/mol. The standard InChI is InChI=1S/C14H18N2O/c1-9(2)14-16-12-7-11(5-6-13(12)17-14)15-8-10-3-4-10/h5-7,9-10,15H,3-4,8H2,1-2H3. The van der Waals surface area contributed by atoms with Crippen LogP contribution in [0.25, 0.3) is 11.1 Å². The molecule has 3 heteroatoms. The van der Waals surface area contributed by atoms with Crippen LogP contribution in [0, 0.1) is 5.92 Å². The predicted molar refractivity (Wildman–Crippen MR) is 69.3 cm³/mol. The Labute approximate surface area is 101 Å². The van der Waals surface area contributed by atoms with Crippen LogP contribution in [-0.4, -0.2) is 11.5 Å². The van der Waals surface area contributed by atoms with Gasteiger partial charge in [-0.15, -0.1) is 0 Å². The van der Waals surface area contributed by atoms with Crippen LogP contribution < -0.4 is 5.32 Å². The lowest BCUT2D eigenvalue weighted by Crippen LogP contribution is -2.02. The minimum atomic E-state index is 0.338. The molecule has 0 unspecified atom stereocenters. The van der Waals surface area contributed by atoms with Gasteiger partial charge >= 0.3 is 0 Å². The van der Waals surface area contributed by atoms with Gasteiger partial charge in [0.2, 0.25) is 0 Å². The molecule has 90 valence electrons. The van der Waals surface area contributed by atoms with Crippen LogP contribution in [0.1, 0.15) is 38.5 Å². The Hall–Kier alpha value is -1.51. The summed E-state index contributed by atoms with van der Waals surface area (Å²) in [6, 6.07) is 6.15. The third-order valence-corrected chi connectivity index (χ3v) is 3.19. The molecular weight excluding hydrogens is 212 g/mol. The number of aromatic nitrogens is 1. The Morgan fingerprint density at radius 1 is 1.41 bits per heavy atom. The number of hydrogen-bond acceptors (Lipinski definition) is 3. The molecule has 1 aliphatic rings. The van der Waals surface area contributed by atoms with E-state index in [9.17, 15) is 0 Å². The van der Waals surface area contributed by atoms with E-state index in [1.807, 2.05) is 6.07 Å². The molecule has 3 nitrogen and oxygen atoms in total. The maximum Gasteiger partial charge on any atom is 0.198 e. The number of nitrogens with zero attached hydrogens (tertiary/aromatic N) is 1. The highest BCUT2D eigenvalue weighted by molar-refractivity contribution is 5.77. The van der Waals surface area contributed by atoms with Crippen LogP contribution in [0.4, 0.5) is 5.69 Å². The molecule has 0 radical (unpaired) electrons. The highest BCUT2D eigenvalue weighted by atomic mass is 16.3. The number of fused-ring (bicyclic) bond motifs is 1. The molecule has 2 aromatic rings. The van der Waals surface area contributed by atoms with Gasteiger partial charge in [-0.05, 0) is 37.0 Å². The van der Waals surface area contributed by atoms with Crippen molar-refractivity contribution in [3.8, 4) is 0 Å². The molecule has 17 heavy (non-hydrogen) atoms. The van der Waals surface area contributed by atoms with Gasteiger partial charge < -0.3 is 9.73 Å². The summed E-state index contributed by atoms with van der Waals surface area (Å²) in [5.41, 5.74) is 2.98. The van der Waals surface area contributed by atoms with Gasteiger partial charge in [-0.25, -0.2) is 4.98 Å². The van der Waals surface area contributed by atoms with Gasteiger partial charge in [0, 0.05) is 18.2 Å². The molecule has 0 aliphatic heterocycles. The lowest BCUT2D eigenvalue weighted by molar-refractivity contribution is 0.501. The molecule has 0 amide bonds. The first-order valence-corrected chi connectivity index (χ1v) is 6.37. The minimum Gasteiger partial charge on any atom is -0.440 e. The predicted octanol–water partition coefficient (Wildman–Crippen LogP) is 3.77. The fourth-order valence-corrected chi connectivity index (χ4v) is 1.89. The average molecular weight is 230 g/mol. The number of anilines is 1. The first-order valence-electron chi connectivity index (χ1n) is 6.37. The summed E-state index contributed by atoms with van der Waals surface area (Å²) in [5.74, 6) is 2.04. The number of nitrogens with one attached hydrogen (secondary N) is 1. The van der Waals surface area contributed by atoms with Gasteiger partial charge in [0.05, 0.1) is 0 Å². The summed E-state index contributed by atoms with van der Waals surface area (Å²) < 4.78 is 5.68. The van der Waals surface area contributed by atoms with Gasteiger partial charge in [0.1, 0.15) is 5.52 Å². The van der Waals surface area contributed by atoms with Gasteiger partial charge in [-0.2, -0.15) is 0 Å². The molecule has 1 aliphatic carbocycles. The topological polar surface area (TPSA) is 38.1 Å². The van der Waals surface area contributed by atoms with Crippen molar-refractivity contribution in [2.45, 2.75) is 32.6 Å². The molecule has 1 N–H and O–H groups in total. The Kier molecular flexibility index (Phi) is 2.54. The second-order valence-electron chi connectivity index (χ2n) is 5.21. The lowest BCUT2D eigenvalue weighted by atomic mass is 10.2. The summed E-state index contributed by atoms with van der Waals surface area (Å²) in [5, 5.41) is 3.46. The van der Waals surface area contributed by atoms with Crippen molar-refractivity contribution in [1.29, 1.82) is 0 Å². The van der Waals surface area contributed by atoms with Gasteiger partial charge in [0.15, 0.2) is 11.5 Å². The largest absolute Gasteiger partial charge is 0.440 e. The second kappa shape index (κ2) is 4.06. The smallest absolute Gasteiger partial charge is 0.198 e.